The van der Waals surface area contributed by atoms with Crippen LogP contribution < -0.4 is 5.73 Å². The number of amides is 1. The fourth-order valence-corrected chi connectivity index (χ4v) is 3.29. The van der Waals surface area contributed by atoms with Crippen LogP contribution in [0.4, 0.5) is 0 Å². The van der Waals surface area contributed by atoms with E-state index in [-0.39, 0.29) is 24.4 Å². The lowest BCUT2D eigenvalue weighted by Crippen LogP contribution is -2.42. The molecule has 1 saturated heterocycles. The van der Waals surface area contributed by atoms with E-state index in [0.717, 1.165) is 41.6 Å². The van der Waals surface area contributed by atoms with Crippen molar-refractivity contribution in [2.24, 2.45) is 5.73 Å². The van der Waals surface area contributed by atoms with Crippen LogP contribution in [0.1, 0.15) is 19.3 Å². The van der Waals surface area contributed by atoms with Crippen molar-refractivity contribution < 1.29 is 4.79 Å². The van der Waals surface area contributed by atoms with Crippen molar-refractivity contribution in [3.63, 3.8) is 0 Å². The van der Waals surface area contributed by atoms with Crippen LogP contribution in [0.3, 0.4) is 0 Å². The highest BCUT2D eigenvalue weighted by Gasteiger charge is 2.20. The normalized spacial score (nSPS) is 15.8. The first-order valence-electron chi connectivity index (χ1n) is 6.57. The predicted octanol–water partition coefficient (Wildman–Crippen LogP) is 3.19. The van der Waals surface area contributed by atoms with Gasteiger partial charge < -0.3 is 10.6 Å². The fourth-order valence-electron chi connectivity index (χ4n) is 2.12. The molecule has 1 aromatic carbocycles. The molecule has 1 heterocycles. The molecule has 0 spiro atoms. The Morgan fingerprint density at radius 1 is 1.35 bits per heavy atom. The second-order valence-corrected chi connectivity index (χ2v) is 6.29. The molecule has 0 aliphatic carbocycles. The summed E-state index contributed by atoms with van der Waals surface area (Å²) >= 11 is 7.71. The monoisotopic (exact) mass is 334 g/mol. The molecule has 1 aliphatic heterocycles. The minimum absolute atomic E-state index is 0. The molecule has 0 unspecified atom stereocenters. The summed E-state index contributed by atoms with van der Waals surface area (Å²) in [5.41, 5.74) is 5.83. The molecule has 1 amide bonds. The van der Waals surface area contributed by atoms with Gasteiger partial charge in [0, 0.05) is 36.2 Å². The zero-order chi connectivity index (χ0) is 13.7. The topological polar surface area (TPSA) is 46.3 Å². The number of thioether (sulfide) groups is 1. The third-order valence-electron chi connectivity index (χ3n) is 3.30. The smallest absolute Gasteiger partial charge is 0.223 e. The van der Waals surface area contributed by atoms with E-state index >= 15 is 0 Å². The van der Waals surface area contributed by atoms with Crippen molar-refractivity contribution in [1.82, 2.24) is 4.90 Å². The Kier molecular flexibility index (Phi) is 7.74. The Balaban J connectivity index is 0.00000200. The van der Waals surface area contributed by atoms with Crippen LogP contribution in [0.25, 0.3) is 0 Å². The highest BCUT2D eigenvalue weighted by Crippen LogP contribution is 2.27. The van der Waals surface area contributed by atoms with E-state index in [0.29, 0.717) is 6.42 Å². The number of piperidine rings is 1. The van der Waals surface area contributed by atoms with E-state index in [4.69, 9.17) is 17.3 Å². The first kappa shape index (κ1) is 17.6. The number of benzene rings is 1. The van der Waals surface area contributed by atoms with E-state index in [9.17, 15) is 4.79 Å². The van der Waals surface area contributed by atoms with Crippen LogP contribution in [-0.4, -0.2) is 35.7 Å². The van der Waals surface area contributed by atoms with Crippen LogP contribution in [0.5, 0.6) is 0 Å². The molecule has 0 bridgehead atoms. The van der Waals surface area contributed by atoms with Gasteiger partial charge in [0.25, 0.3) is 0 Å². The van der Waals surface area contributed by atoms with Crippen LogP contribution in [0.2, 0.25) is 5.02 Å². The molecule has 1 aliphatic rings. The summed E-state index contributed by atoms with van der Waals surface area (Å²) in [7, 11) is 0. The number of likely N-dealkylation sites (tertiary alicyclic amines) is 1. The zero-order valence-electron chi connectivity index (χ0n) is 11.3. The molecule has 1 fully saturated rings. The summed E-state index contributed by atoms with van der Waals surface area (Å²) in [4.78, 5) is 15.0. The van der Waals surface area contributed by atoms with E-state index in [1.807, 2.05) is 29.2 Å². The number of carbonyl (C=O) groups excluding carboxylic acids is 1. The zero-order valence-corrected chi connectivity index (χ0v) is 13.6. The lowest BCUT2D eigenvalue weighted by molar-refractivity contribution is -0.131. The first-order valence-corrected chi connectivity index (χ1v) is 7.94. The van der Waals surface area contributed by atoms with E-state index in [1.165, 1.54) is 0 Å². The van der Waals surface area contributed by atoms with E-state index < -0.39 is 0 Å². The van der Waals surface area contributed by atoms with E-state index in [1.54, 1.807) is 11.8 Å². The highest BCUT2D eigenvalue weighted by molar-refractivity contribution is 7.99. The van der Waals surface area contributed by atoms with Gasteiger partial charge in [0.2, 0.25) is 5.91 Å². The maximum Gasteiger partial charge on any atom is 0.223 e. The van der Waals surface area contributed by atoms with Gasteiger partial charge in [-0.25, -0.2) is 0 Å². The van der Waals surface area contributed by atoms with Gasteiger partial charge in [-0.05, 0) is 25.0 Å². The van der Waals surface area contributed by atoms with Gasteiger partial charge in [0.05, 0.1) is 5.02 Å². The summed E-state index contributed by atoms with van der Waals surface area (Å²) in [6, 6.07) is 7.99. The second kappa shape index (κ2) is 8.78. The molecule has 2 rings (SSSR count). The summed E-state index contributed by atoms with van der Waals surface area (Å²) in [5, 5.41) is 0.754. The minimum atomic E-state index is 0. The summed E-state index contributed by atoms with van der Waals surface area (Å²) < 4.78 is 0. The van der Waals surface area contributed by atoms with Crippen LogP contribution in [0.15, 0.2) is 29.2 Å². The molecule has 112 valence electrons. The van der Waals surface area contributed by atoms with Crippen molar-refractivity contribution in [3.05, 3.63) is 29.3 Å². The molecule has 1 aromatic rings. The number of rotatable bonds is 4. The molecular weight excluding hydrogens is 315 g/mol. The standard InChI is InChI=1S/C14H19ClN2OS.ClH/c15-12-3-1-2-4-13(12)19-10-7-14(18)17-8-5-11(16)6-9-17;/h1-4,11H,5-10,16H2;1H. The number of carbonyl (C=O) groups is 1. The summed E-state index contributed by atoms with van der Waals surface area (Å²) in [5.74, 6) is 0.997. The molecule has 3 nitrogen and oxygen atoms in total. The largest absolute Gasteiger partial charge is 0.343 e. The Hall–Kier alpha value is -0.420. The fraction of sp³-hybridized carbons (Fsp3) is 0.500. The van der Waals surface area contributed by atoms with Crippen molar-refractivity contribution in [2.45, 2.75) is 30.2 Å². The van der Waals surface area contributed by atoms with Gasteiger partial charge >= 0.3 is 0 Å². The van der Waals surface area contributed by atoms with Crippen molar-refractivity contribution in [1.29, 1.82) is 0 Å². The molecule has 0 saturated carbocycles. The van der Waals surface area contributed by atoms with E-state index in [2.05, 4.69) is 0 Å². The number of halogens is 2. The molecule has 0 aromatic heterocycles. The number of hydrogen-bond acceptors (Lipinski definition) is 3. The van der Waals surface area contributed by atoms with Crippen LogP contribution in [0, 0.1) is 0 Å². The number of nitrogens with two attached hydrogens (primary N) is 1. The van der Waals surface area contributed by atoms with Gasteiger partial charge in [-0.2, -0.15) is 0 Å². The summed E-state index contributed by atoms with van der Waals surface area (Å²) in [6.45, 7) is 1.60. The van der Waals surface area contributed by atoms with Crippen molar-refractivity contribution in [2.75, 3.05) is 18.8 Å². The van der Waals surface area contributed by atoms with Crippen LogP contribution >= 0.6 is 35.8 Å². The quantitative estimate of drug-likeness (QED) is 0.860. The first-order chi connectivity index (χ1) is 9.16. The molecule has 2 N–H and O–H groups in total. The molecule has 0 radical (unpaired) electrons. The number of hydrogen-bond donors (Lipinski definition) is 1. The number of nitrogens with zero attached hydrogens (tertiary/aromatic N) is 1. The van der Waals surface area contributed by atoms with Gasteiger partial charge in [-0.1, -0.05) is 23.7 Å². The minimum Gasteiger partial charge on any atom is -0.343 e. The Morgan fingerprint density at radius 3 is 2.65 bits per heavy atom. The molecule has 0 atom stereocenters. The maximum atomic E-state index is 12.0. The Labute approximate surface area is 135 Å². The Morgan fingerprint density at radius 2 is 2.00 bits per heavy atom. The average molecular weight is 335 g/mol. The van der Waals surface area contributed by atoms with Crippen LogP contribution in [-0.2, 0) is 4.79 Å². The SMILES string of the molecule is Cl.NC1CCN(C(=O)CCSc2ccccc2Cl)CC1. The highest BCUT2D eigenvalue weighted by atomic mass is 35.5. The Bertz CT molecular complexity index is 437. The van der Waals surface area contributed by atoms with Crippen molar-refractivity contribution in [3.8, 4) is 0 Å². The third kappa shape index (κ3) is 5.17. The third-order valence-corrected chi connectivity index (χ3v) is 4.82. The van der Waals surface area contributed by atoms with Gasteiger partial charge in [-0.3, -0.25) is 4.79 Å². The lowest BCUT2D eigenvalue weighted by atomic mass is 10.1. The summed E-state index contributed by atoms with van der Waals surface area (Å²) in [6.07, 6.45) is 2.40. The second-order valence-electron chi connectivity index (χ2n) is 4.75. The average Bonchev–Trinajstić information content (AvgIpc) is 2.41. The lowest BCUT2D eigenvalue weighted by Gasteiger charge is -2.30. The molecule has 6 heteroatoms. The molecule has 20 heavy (non-hydrogen) atoms. The van der Waals surface area contributed by atoms with Gasteiger partial charge in [0.1, 0.15) is 0 Å². The maximum absolute atomic E-state index is 12.0. The predicted molar refractivity (Wildman–Crippen MR) is 87.8 cm³/mol. The molecular formula is C14H20Cl2N2OS. The van der Waals surface area contributed by atoms with Gasteiger partial charge in [-0.15, -0.1) is 24.2 Å². The van der Waals surface area contributed by atoms with Crippen molar-refractivity contribution >= 4 is 41.7 Å². The van der Waals surface area contributed by atoms with Gasteiger partial charge in [0.15, 0.2) is 0 Å².